The molecule has 1 aliphatic rings. The van der Waals surface area contributed by atoms with Gasteiger partial charge in [-0.15, -0.1) is 0 Å². The van der Waals surface area contributed by atoms with Gasteiger partial charge in [0.15, 0.2) is 6.10 Å². The Morgan fingerprint density at radius 3 is 2.46 bits per heavy atom. The number of rotatable bonds is 6. The second kappa shape index (κ2) is 8.39. The van der Waals surface area contributed by atoms with Crippen molar-refractivity contribution in [1.82, 2.24) is 5.32 Å². The first kappa shape index (κ1) is 18.5. The lowest BCUT2D eigenvalue weighted by atomic mass is 9.92. The summed E-state index contributed by atoms with van der Waals surface area (Å²) in [6.07, 6.45) is 4.95. The molecule has 0 spiro atoms. The molecule has 0 aliphatic heterocycles. The fourth-order valence-electron chi connectivity index (χ4n) is 3.51. The van der Waals surface area contributed by atoms with Gasteiger partial charge in [-0.2, -0.15) is 0 Å². The van der Waals surface area contributed by atoms with Gasteiger partial charge >= 0.3 is 0 Å². The monoisotopic (exact) mass is 351 g/mol. The molecular formula is C23H29NO2. The molecule has 0 saturated heterocycles. The largest absolute Gasteiger partial charge is 0.481 e. The number of amides is 1. The first-order valence-corrected chi connectivity index (χ1v) is 9.72. The molecule has 1 N–H and O–H groups in total. The molecule has 2 atom stereocenters. The smallest absolute Gasteiger partial charge is 0.261 e. The van der Waals surface area contributed by atoms with E-state index in [1.54, 1.807) is 0 Å². The van der Waals surface area contributed by atoms with Gasteiger partial charge in [-0.3, -0.25) is 4.79 Å². The van der Waals surface area contributed by atoms with Crippen molar-refractivity contribution in [3.05, 3.63) is 64.7 Å². The molecule has 2 aromatic rings. The molecule has 0 radical (unpaired) electrons. The molecule has 3 nitrogen and oxygen atoms in total. The molecule has 1 amide bonds. The number of carbonyl (C=O) groups excluding carboxylic acids is 1. The maximum absolute atomic E-state index is 12.7. The third kappa shape index (κ3) is 4.46. The van der Waals surface area contributed by atoms with Crippen LogP contribution >= 0.6 is 0 Å². The van der Waals surface area contributed by atoms with Gasteiger partial charge in [0, 0.05) is 0 Å². The van der Waals surface area contributed by atoms with E-state index in [0.29, 0.717) is 6.42 Å². The molecule has 0 bridgehead atoms. The molecule has 0 unspecified atom stereocenters. The number of carbonyl (C=O) groups is 1. The van der Waals surface area contributed by atoms with Gasteiger partial charge in [0.1, 0.15) is 5.75 Å². The third-order valence-electron chi connectivity index (χ3n) is 5.20. The zero-order valence-electron chi connectivity index (χ0n) is 16.0. The van der Waals surface area contributed by atoms with Crippen LogP contribution in [0.15, 0.2) is 42.5 Å². The number of hydrogen-bond donors (Lipinski definition) is 1. The number of nitrogens with one attached hydrogen (secondary N) is 1. The zero-order valence-corrected chi connectivity index (χ0v) is 16.0. The Bertz CT molecular complexity index is 751. The Morgan fingerprint density at radius 1 is 1.08 bits per heavy atom. The minimum atomic E-state index is -0.468. The predicted octanol–water partition coefficient (Wildman–Crippen LogP) is 4.91. The van der Waals surface area contributed by atoms with Crippen molar-refractivity contribution in [3.8, 4) is 5.75 Å². The van der Waals surface area contributed by atoms with E-state index in [1.165, 1.54) is 29.5 Å². The van der Waals surface area contributed by atoms with Gasteiger partial charge in [0.25, 0.3) is 5.91 Å². The van der Waals surface area contributed by atoms with Crippen molar-refractivity contribution in [2.45, 2.75) is 65.0 Å². The minimum absolute atomic E-state index is 0.0377. The van der Waals surface area contributed by atoms with Gasteiger partial charge in [-0.1, -0.05) is 42.8 Å². The highest BCUT2D eigenvalue weighted by Gasteiger charge is 2.21. The lowest BCUT2D eigenvalue weighted by Gasteiger charge is -2.22. The standard InChI is InChI=1S/C23H29NO2/c1-4-22(23(25)24-17(3)18-11-9-16(2)10-12-18)26-21-14-13-19-7-5-6-8-20(19)15-21/h9-15,17,22H,4-8H2,1-3H3,(H,24,25)/t17-,22-/m1/s1. The quantitative estimate of drug-likeness (QED) is 0.803. The molecule has 0 saturated carbocycles. The highest BCUT2D eigenvalue weighted by Crippen LogP contribution is 2.26. The molecule has 26 heavy (non-hydrogen) atoms. The Hall–Kier alpha value is -2.29. The molecular weight excluding hydrogens is 322 g/mol. The molecule has 2 aromatic carbocycles. The zero-order chi connectivity index (χ0) is 18.5. The van der Waals surface area contributed by atoms with E-state index in [2.05, 4.69) is 48.6 Å². The summed E-state index contributed by atoms with van der Waals surface area (Å²) in [6.45, 7) is 6.06. The summed E-state index contributed by atoms with van der Waals surface area (Å²) < 4.78 is 6.04. The van der Waals surface area contributed by atoms with Gasteiger partial charge in [-0.25, -0.2) is 0 Å². The number of benzene rings is 2. The summed E-state index contributed by atoms with van der Waals surface area (Å²) in [5.41, 5.74) is 5.12. The van der Waals surface area contributed by atoms with Crippen LogP contribution in [0, 0.1) is 6.92 Å². The van der Waals surface area contributed by atoms with E-state index in [1.807, 2.05) is 19.9 Å². The van der Waals surface area contributed by atoms with Crippen molar-refractivity contribution in [2.75, 3.05) is 0 Å². The van der Waals surface area contributed by atoms with Crippen molar-refractivity contribution < 1.29 is 9.53 Å². The van der Waals surface area contributed by atoms with Gasteiger partial charge < -0.3 is 10.1 Å². The van der Waals surface area contributed by atoms with Crippen LogP contribution in [0.1, 0.15) is 61.4 Å². The normalized spacial score (nSPS) is 15.7. The third-order valence-corrected chi connectivity index (χ3v) is 5.20. The Labute approximate surface area is 156 Å². The van der Waals surface area contributed by atoms with Crippen LogP contribution in [-0.2, 0) is 17.6 Å². The fourth-order valence-corrected chi connectivity index (χ4v) is 3.51. The topological polar surface area (TPSA) is 38.3 Å². The fraction of sp³-hybridized carbons (Fsp3) is 0.435. The first-order chi connectivity index (χ1) is 12.6. The summed E-state index contributed by atoms with van der Waals surface area (Å²) >= 11 is 0. The number of fused-ring (bicyclic) bond motifs is 1. The van der Waals surface area contributed by atoms with Crippen molar-refractivity contribution in [2.24, 2.45) is 0 Å². The molecule has 138 valence electrons. The van der Waals surface area contributed by atoms with Crippen LogP contribution < -0.4 is 10.1 Å². The molecule has 1 aliphatic carbocycles. The van der Waals surface area contributed by atoms with Crippen LogP contribution in [0.3, 0.4) is 0 Å². The summed E-state index contributed by atoms with van der Waals surface area (Å²) in [6, 6.07) is 14.5. The summed E-state index contributed by atoms with van der Waals surface area (Å²) in [5, 5.41) is 3.09. The summed E-state index contributed by atoms with van der Waals surface area (Å²) in [4.78, 5) is 12.7. The Balaban J connectivity index is 1.64. The predicted molar refractivity (Wildman–Crippen MR) is 106 cm³/mol. The van der Waals surface area contributed by atoms with Crippen LogP contribution in [0.25, 0.3) is 0 Å². The second-order valence-electron chi connectivity index (χ2n) is 7.29. The minimum Gasteiger partial charge on any atom is -0.481 e. The van der Waals surface area contributed by atoms with Gasteiger partial charge in [0.2, 0.25) is 0 Å². The van der Waals surface area contributed by atoms with E-state index in [9.17, 15) is 4.79 Å². The van der Waals surface area contributed by atoms with Crippen molar-refractivity contribution >= 4 is 5.91 Å². The van der Waals surface area contributed by atoms with Crippen LogP contribution in [0.5, 0.6) is 5.75 Å². The maximum atomic E-state index is 12.7. The number of aryl methyl sites for hydroxylation is 3. The van der Waals surface area contributed by atoms with E-state index in [0.717, 1.165) is 24.2 Å². The van der Waals surface area contributed by atoms with Gasteiger partial charge in [0.05, 0.1) is 6.04 Å². The lowest BCUT2D eigenvalue weighted by Crippen LogP contribution is -2.39. The average molecular weight is 351 g/mol. The second-order valence-corrected chi connectivity index (χ2v) is 7.29. The van der Waals surface area contributed by atoms with Crippen LogP contribution in [0.4, 0.5) is 0 Å². The summed E-state index contributed by atoms with van der Waals surface area (Å²) in [7, 11) is 0. The highest BCUT2D eigenvalue weighted by atomic mass is 16.5. The number of ether oxygens (including phenoxy) is 1. The first-order valence-electron chi connectivity index (χ1n) is 9.72. The van der Waals surface area contributed by atoms with Crippen LogP contribution in [0.2, 0.25) is 0 Å². The van der Waals surface area contributed by atoms with Gasteiger partial charge in [-0.05, 0) is 74.8 Å². The van der Waals surface area contributed by atoms with Crippen molar-refractivity contribution in [1.29, 1.82) is 0 Å². The van der Waals surface area contributed by atoms with Crippen molar-refractivity contribution in [3.63, 3.8) is 0 Å². The van der Waals surface area contributed by atoms with E-state index in [-0.39, 0.29) is 11.9 Å². The molecule has 3 heteroatoms. The molecule has 0 heterocycles. The van der Waals surface area contributed by atoms with Crippen LogP contribution in [-0.4, -0.2) is 12.0 Å². The Morgan fingerprint density at radius 2 is 1.77 bits per heavy atom. The Kier molecular flexibility index (Phi) is 5.97. The maximum Gasteiger partial charge on any atom is 0.261 e. The average Bonchev–Trinajstić information content (AvgIpc) is 2.66. The number of hydrogen-bond acceptors (Lipinski definition) is 2. The molecule has 3 rings (SSSR count). The van der Waals surface area contributed by atoms with E-state index < -0.39 is 6.10 Å². The van der Waals surface area contributed by atoms with E-state index >= 15 is 0 Å². The molecule has 0 aromatic heterocycles. The lowest BCUT2D eigenvalue weighted by molar-refractivity contribution is -0.128. The summed E-state index contributed by atoms with van der Waals surface area (Å²) in [5.74, 6) is 0.744. The SMILES string of the molecule is CC[C@@H](Oc1ccc2c(c1)CCCC2)C(=O)N[C@H](C)c1ccc(C)cc1. The highest BCUT2D eigenvalue weighted by molar-refractivity contribution is 5.81. The molecule has 0 fully saturated rings. The van der Waals surface area contributed by atoms with E-state index in [4.69, 9.17) is 4.74 Å².